The number of pyridine rings is 1. The van der Waals surface area contributed by atoms with Gasteiger partial charge in [0.15, 0.2) is 0 Å². The lowest BCUT2D eigenvalue weighted by atomic mass is 10.0. The van der Waals surface area contributed by atoms with Crippen molar-refractivity contribution in [2.45, 2.75) is 33.4 Å². The highest BCUT2D eigenvalue weighted by atomic mass is 16.1. The molecule has 0 aliphatic rings. The van der Waals surface area contributed by atoms with Gasteiger partial charge in [-0.3, -0.25) is 19.1 Å². The number of aryl methyl sites for hydroxylation is 2. The van der Waals surface area contributed by atoms with E-state index in [9.17, 15) is 4.79 Å². The fourth-order valence-corrected chi connectivity index (χ4v) is 3.51. The highest BCUT2D eigenvalue weighted by molar-refractivity contribution is 6.06. The Labute approximate surface area is 169 Å². The van der Waals surface area contributed by atoms with Crippen molar-refractivity contribution in [2.75, 3.05) is 0 Å². The minimum absolute atomic E-state index is 0.127. The summed E-state index contributed by atoms with van der Waals surface area (Å²) in [5.41, 5.74) is 5.30. The largest absolute Gasteiger partial charge is 0.345 e. The fraction of sp³-hybridized carbons (Fsp3) is 0.273. The van der Waals surface area contributed by atoms with Crippen LogP contribution in [0.2, 0.25) is 0 Å². The number of amides is 1. The molecule has 7 nitrogen and oxygen atoms in total. The third-order valence-corrected chi connectivity index (χ3v) is 5.34. The van der Waals surface area contributed by atoms with Crippen LogP contribution in [0.25, 0.3) is 10.9 Å². The van der Waals surface area contributed by atoms with E-state index in [0.29, 0.717) is 12.1 Å². The van der Waals surface area contributed by atoms with Crippen LogP contribution in [-0.4, -0.2) is 30.5 Å². The predicted octanol–water partition coefficient (Wildman–Crippen LogP) is 3.32. The van der Waals surface area contributed by atoms with Gasteiger partial charge in [-0.25, -0.2) is 0 Å². The Kier molecular flexibility index (Phi) is 4.88. The van der Waals surface area contributed by atoms with Gasteiger partial charge in [-0.15, -0.1) is 0 Å². The van der Waals surface area contributed by atoms with Gasteiger partial charge in [-0.1, -0.05) is 18.2 Å². The zero-order chi connectivity index (χ0) is 20.5. The number of fused-ring (bicyclic) bond motifs is 1. The molecule has 7 heteroatoms. The topological polar surface area (TPSA) is 77.6 Å². The summed E-state index contributed by atoms with van der Waals surface area (Å²) in [4.78, 5) is 17.9. The summed E-state index contributed by atoms with van der Waals surface area (Å²) >= 11 is 0. The van der Waals surface area contributed by atoms with Crippen LogP contribution < -0.4 is 5.32 Å². The molecule has 1 aromatic carbocycles. The van der Waals surface area contributed by atoms with Crippen molar-refractivity contribution in [1.29, 1.82) is 0 Å². The first-order valence-corrected chi connectivity index (χ1v) is 9.60. The number of nitrogens with one attached hydrogen (secondary N) is 1. The zero-order valence-corrected chi connectivity index (χ0v) is 17.0. The van der Waals surface area contributed by atoms with Gasteiger partial charge in [0.1, 0.15) is 0 Å². The maximum atomic E-state index is 13.2. The molecular formula is C22H24N6O. The molecule has 148 valence electrons. The van der Waals surface area contributed by atoms with Crippen LogP contribution in [0, 0.1) is 13.8 Å². The molecule has 1 N–H and O–H groups in total. The van der Waals surface area contributed by atoms with Crippen molar-refractivity contribution in [3.05, 3.63) is 77.0 Å². The fourth-order valence-electron chi connectivity index (χ4n) is 3.51. The van der Waals surface area contributed by atoms with Gasteiger partial charge in [0.25, 0.3) is 5.91 Å². The van der Waals surface area contributed by atoms with Crippen molar-refractivity contribution >= 4 is 16.8 Å². The highest BCUT2D eigenvalue weighted by Gasteiger charge is 2.18. The normalized spacial score (nSPS) is 12.3. The molecule has 0 radical (unpaired) electrons. The van der Waals surface area contributed by atoms with E-state index in [0.717, 1.165) is 33.5 Å². The summed E-state index contributed by atoms with van der Waals surface area (Å²) in [5.74, 6) is -0.127. The highest BCUT2D eigenvalue weighted by Crippen LogP contribution is 2.22. The molecule has 4 aromatic rings. The van der Waals surface area contributed by atoms with Crippen LogP contribution in [0.1, 0.15) is 46.0 Å². The van der Waals surface area contributed by atoms with E-state index in [-0.39, 0.29) is 11.9 Å². The first-order chi connectivity index (χ1) is 13.9. The lowest BCUT2D eigenvalue weighted by Gasteiger charge is -2.16. The summed E-state index contributed by atoms with van der Waals surface area (Å²) < 4.78 is 3.69. The molecule has 0 fully saturated rings. The SMILES string of the molecule is Cc1c(C(C)NC(=O)c2cc(Cn3nccc3C)nc3ccccc23)cnn1C. The van der Waals surface area contributed by atoms with Crippen LogP contribution >= 0.6 is 0 Å². The van der Waals surface area contributed by atoms with E-state index < -0.39 is 0 Å². The van der Waals surface area contributed by atoms with E-state index in [1.807, 2.05) is 73.6 Å². The maximum Gasteiger partial charge on any atom is 0.252 e. The van der Waals surface area contributed by atoms with Crippen LogP contribution in [0.5, 0.6) is 0 Å². The van der Waals surface area contributed by atoms with Crippen LogP contribution in [0.3, 0.4) is 0 Å². The molecule has 1 atom stereocenters. The Bertz CT molecular complexity index is 1190. The number of rotatable bonds is 5. The van der Waals surface area contributed by atoms with Gasteiger partial charge in [-0.05, 0) is 39.0 Å². The second kappa shape index (κ2) is 7.50. The summed E-state index contributed by atoms with van der Waals surface area (Å²) in [7, 11) is 1.90. The number of hydrogen-bond acceptors (Lipinski definition) is 4. The number of nitrogens with zero attached hydrogens (tertiary/aromatic N) is 5. The average molecular weight is 388 g/mol. The van der Waals surface area contributed by atoms with Crippen molar-refractivity contribution in [1.82, 2.24) is 29.9 Å². The summed E-state index contributed by atoms with van der Waals surface area (Å²) in [6, 6.07) is 11.4. The number of carbonyl (C=O) groups is 1. The molecule has 0 spiro atoms. The third kappa shape index (κ3) is 3.63. The summed E-state index contributed by atoms with van der Waals surface area (Å²) in [6.07, 6.45) is 3.57. The predicted molar refractivity (Wildman–Crippen MR) is 112 cm³/mol. The van der Waals surface area contributed by atoms with E-state index >= 15 is 0 Å². The zero-order valence-electron chi connectivity index (χ0n) is 17.0. The van der Waals surface area contributed by atoms with Crippen molar-refractivity contribution in [2.24, 2.45) is 7.05 Å². The van der Waals surface area contributed by atoms with Crippen LogP contribution in [0.15, 0.2) is 48.8 Å². The molecule has 0 aliphatic carbocycles. The smallest absolute Gasteiger partial charge is 0.252 e. The molecule has 0 saturated carbocycles. The first kappa shape index (κ1) is 18.9. The number of hydrogen-bond donors (Lipinski definition) is 1. The molecular weight excluding hydrogens is 364 g/mol. The monoisotopic (exact) mass is 388 g/mol. The Hall–Kier alpha value is -3.48. The van der Waals surface area contributed by atoms with Crippen LogP contribution in [0.4, 0.5) is 0 Å². The second-order valence-corrected chi connectivity index (χ2v) is 7.31. The Balaban J connectivity index is 1.68. The Morgan fingerprint density at radius 2 is 1.97 bits per heavy atom. The van der Waals surface area contributed by atoms with E-state index in [4.69, 9.17) is 4.98 Å². The molecule has 0 bridgehead atoms. The number of aromatic nitrogens is 5. The molecule has 3 heterocycles. The van der Waals surface area contributed by atoms with E-state index in [2.05, 4.69) is 15.5 Å². The summed E-state index contributed by atoms with van der Waals surface area (Å²) in [5, 5.41) is 12.6. The lowest BCUT2D eigenvalue weighted by molar-refractivity contribution is 0.0941. The number of carbonyl (C=O) groups excluding carboxylic acids is 1. The van der Waals surface area contributed by atoms with Crippen molar-refractivity contribution in [3.8, 4) is 0 Å². The van der Waals surface area contributed by atoms with E-state index in [1.54, 1.807) is 12.4 Å². The third-order valence-electron chi connectivity index (χ3n) is 5.34. The minimum atomic E-state index is -0.153. The second-order valence-electron chi connectivity index (χ2n) is 7.31. The standard InChI is InChI=1S/C22H24N6O/c1-14-9-10-23-28(14)13-17-11-19(18-7-5-6-8-21(18)26-17)22(29)25-15(2)20-12-24-27(4)16(20)3/h5-12,15H,13H2,1-4H3,(H,25,29). The molecule has 0 aliphatic heterocycles. The Morgan fingerprint density at radius 3 is 2.66 bits per heavy atom. The van der Waals surface area contributed by atoms with Gasteiger partial charge < -0.3 is 5.32 Å². The van der Waals surface area contributed by atoms with Gasteiger partial charge in [0.2, 0.25) is 0 Å². The number of benzene rings is 1. The van der Waals surface area contributed by atoms with Gasteiger partial charge in [0, 0.05) is 35.6 Å². The molecule has 1 amide bonds. The van der Waals surface area contributed by atoms with Crippen molar-refractivity contribution < 1.29 is 4.79 Å². The molecule has 1 unspecified atom stereocenters. The quantitative estimate of drug-likeness (QED) is 0.569. The van der Waals surface area contributed by atoms with Gasteiger partial charge >= 0.3 is 0 Å². The van der Waals surface area contributed by atoms with Crippen molar-refractivity contribution in [3.63, 3.8) is 0 Å². The summed E-state index contributed by atoms with van der Waals surface area (Å²) in [6.45, 7) is 6.48. The van der Waals surface area contributed by atoms with E-state index in [1.165, 1.54) is 0 Å². The molecule has 29 heavy (non-hydrogen) atoms. The molecule has 3 aromatic heterocycles. The minimum Gasteiger partial charge on any atom is -0.345 e. The molecule has 0 saturated heterocycles. The lowest BCUT2D eigenvalue weighted by Crippen LogP contribution is -2.27. The molecule has 4 rings (SSSR count). The maximum absolute atomic E-state index is 13.2. The average Bonchev–Trinajstić information content (AvgIpc) is 3.26. The van der Waals surface area contributed by atoms with Gasteiger partial charge in [0.05, 0.1) is 35.6 Å². The van der Waals surface area contributed by atoms with Crippen LogP contribution in [-0.2, 0) is 13.6 Å². The number of para-hydroxylation sites is 1. The van der Waals surface area contributed by atoms with Gasteiger partial charge in [-0.2, -0.15) is 10.2 Å². The first-order valence-electron chi connectivity index (χ1n) is 9.60. The Morgan fingerprint density at radius 1 is 1.17 bits per heavy atom.